The molecule has 1 saturated heterocycles. The number of hydrogen-bond acceptors (Lipinski definition) is 4. The molecular weight excluding hydrogens is 306 g/mol. The molecule has 1 aromatic rings. The number of nitrogens with zero attached hydrogens (tertiary/aromatic N) is 1. The van der Waals surface area contributed by atoms with Gasteiger partial charge in [-0.25, -0.2) is 0 Å². The third kappa shape index (κ3) is 5.32. The van der Waals surface area contributed by atoms with Crippen LogP contribution in [0.15, 0.2) is 24.3 Å². The van der Waals surface area contributed by atoms with Crippen LogP contribution in [0.2, 0.25) is 0 Å². The van der Waals surface area contributed by atoms with Gasteiger partial charge >= 0.3 is 0 Å². The van der Waals surface area contributed by atoms with Gasteiger partial charge in [0.2, 0.25) is 5.91 Å². The van der Waals surface area contributed by atoms with Crippen LogP contribution in [0, 0.1) is 0 Å². The van der Waals surface area contributed by atoms with Gasteiger partial charge in [0.1, 0.15) is 0 Å². The molecule has 0 aromatic heterocycles. The molecule has 1 fully saturated rings. The smallest absolute Gasteiger partial charge is 0.253 e. The van der Waals surface area contributed by atoms with E-state index in [9.17, 15) is 9.59 Å². The Morgan fingerprint density at radius 2 is 2.08 bits per heavy atom. The highest BCUT2D eigenvalue weighted by atomic mass is 16.5. The van der Waals surface area contributed by atoms with Crippen LogP contribution in [0.5, 0.6) is 0 Å². The Hall–Kier alpha value is -1.92. The fourth-order valence-corrected chi connectivity index (χ4v) is 2.72. The van der Waals surface area contributed by atoms with Crippen molar-refractivity contribution in [3.8, 4) is 0 Å². The van der Waals surface area contributed by atoms with Crippen LogP contribution in [0.25, 0.3) is 0 Å². The minimum absolute atomic E-state index is 0.00278. The summed E-state index contributed by atoms with van der Waals surface area (Å²) in [6, 6.07) is 7.11. The molecule has 1 heterocycles. The zero-order chi connectivity index (χ0) is 17.4. The average Bonchev–Trinajstić information content (AvgIpc) is 2.62. The number of carbonyl (C=O) groups excluding carboxylic acids is 2. The second-order valence-electron chi connectivity index (χ2n) is 5.99. The number of nitrogens with one attached hydrogen (secondary N) is 1. The zero-order valence-corrected chi connectivity index (χ0v) is 14.3. The highest BCUT2D eigenvalue weighted by Crippen LogP contribution is 2.18. The van der Waals surface area contributed by atoms with E-state index < -0.39 is 0 Å². The second-order valence-corrected chi connectivity index (χ2v) is 5.99. The number of ether oxygens (including phenoxy) is 1. The Kier molecular flexibility index (Phi) is 7.21. The molecular formula is C18H27N3O3. The standard InChI is InChI=1S/C18H27N3O3/c1-2-17(22)20-15-6-3-5-14(13-15)18(23)21-10-7-16(8-11-21)24-12-4-9-19/h3,5-6,13,16H,2,4,7-12,19H2,1H3,(H,20,22). The van der Waals surface area contributed by atoms with Crippen molar-refractivity contribution in [2.24, 2.45) is 5.73 Å². The summed E-state index contributed by atoms with van der Waals surface area (Å²) >= 11 is 0. The summed E-state index contributed by atoms with van der Waals surface area (Å²) in [5, 5.41) is 2.79. The van der Waals surface area contributed by atoms with Crippen LogP contribution in [0.4, 0.5) is 5.69 Å². The number of carbonyl (C=O) groups is 2. The molecule has 6 heteroatoms. The molecule has 0 spiro atoms. The van der Waals surface area contributed by atoms with E-state index in [0.29, 0.717) is 43.9 Å². The average molecular weight is 333 g/mol. The first-order valence-electron chi connectivity index (χ1n) is 8.65. The predicted molar refractivity (Wildman–Crippen MR) is 93.9 cm³/mol. The van der Waals surface area contributed by atoms with E-state index in [1.165, 1.54) is 0 Å². The molecule has 2 rings (SSSR count). The molecule has 0 unspecified atom stereocenters. The molecule has 3 N–H and O–H groups in total. The van der Waals surface area contributed by atoms with E-state index in [1.54, 1.807) is 31.2 Å². The highest BCUT2D eigenvalue weighted by Gasteiger charge is 2.24. The fraction of sp³-hybridized carbons (Fsp3) is 0.556. The number of anilines is 1. The molecule has 24 heavy (non-hydrogen) atoms. The summed E-state index contributed by atoms with van der Waals surface area (Å²) < 4.78 is 5.77. The lowest BCUT2D eigenvalue weighted by atomic mass is 10.1. The largest absolute Gasteiger partial charge is 0.378 e. The molecule has 132 valence electrons. The second kappa shape index (κ2) is 9.39. The van der Waals surface area contributed by atoms with Crippen molar-refractivity contribution in [3.05, 3.63) is 29.8 Å². The van der Waals surface area contributed by atoms with Gasteiger partial charge in [-0.3, -0.25) is 9.59 Å². The lowest BCUT2D eigenvalue weighted by molar-refractivity contribution is -0.115. The van der Waals surface area contributed by atoms with Crippen LogP contribution in [0.1, 0.15) is 43.0 Å². The van der Waals surface area contributed by atoms with Gasteiger partial charge in [-0.05, 0) is 44.0 Å². The summed E-state index contributed by atoms with van der Waals surface area (Å²) in [6.45, 7) is 4.51. The molecule has 0 aliphatic carbocycles. The number of piperidine rings is 1. The van der Waals surface area contributed by atoms with Gasteiger partial charge < -0.3 is 20.7 Å². The van der Waals surface area contributed by atoms with E-state index in [-0.39, 0.29) is 17.9 Å². The monoisotopic (exact) mass is 333 g/mol. The van der Waals surface area contributed by atoms with Crippen LogP contribution in [-0.4, -0.2) is 49.1 Å². The molecule has 1 aliphatic heterocycles. The normalized spacial score (nSPS) is 15.3. The first-order chi connectivity index (χ1) is 11.6. The maximum absolute atomic E-state index is 12.6. The molecule has 2 amide bonds. The minimum atomic E-state index is -0.0601. The summed E-state index contributed by atoms with van der Waals surface area (Å²) in [6.07, 6.45) is 3.20. The van der Waals surface area contributed by atoms with Gasteiger partial charge in [-0.15, -0.1) is 0 Å². The van der Waals surface area contributed by atoms with Crippen molar-refractivity contribution < 1.29 is 14.3 Å². The van der Waals surface area contributed by atoms with Gasteiger partial charge in [-0.1, -0.05) is 13.0 Å². The van der Waals surface area contributed by atoms with Gasteiger partial charge in [0.25, 0.3) is 5.91 Å². The topological polar surface area (TPSA) is 84.7 Å². The quantitative estimate of drug-likeness (QED) is 0.748. The summed E-state index contributed by atoms with van der Waals surface area (Å²) in [7, 11) is 0. The van der Waals surface area contributed by atoms with Gasteiger partial charge in [0, 0.05) is 37.4 Å². The maximum atomic E-state index is 12.6. The lowest BCUT2D eigenvalue weighted by Crippen LogP contribution is -2.41. The van der Waals surface area contributed by atoms with Gasteiger partial charge in [0.05, 0.1) is 6.10 Å². The van der Waals surface area contributed by atoms with Crippen molar-refractivity contribution >= 4 is 17.5 Å². The molecule has 1 aliphatic rings. The van der Waals surface area contributed by atoms with E-state index in [4.69, 9.17) is 10.5 Å². The van der Waals surface area contributed by atoms with Crippen molar-refractivity contribution in [2.75, 3.05) is 31.6 Å². The Morgan fingerprint density at radius 3 is 2.75 bits per heavy atom. The number of nitrogens with two attached hydrogens (primary N) is 1. The SMILES string of the molecule is CCC(=O)Nc1cccc(C(=O)N2CCC(OCCCN)CC2)c1. The van der Waals surface area contributed by atoms with Crippen LogP contribution in [-0.2, 0) is 9.53 Å². The summed E-state index contributed by atoms with van der Waals surface area (Å²) in [5.41, 5.74) is 6.73. The van der Waals surface area contributed by atoms with Crippen molar-refractivity contribution in [1.29, 1.82) is 0 Å². The molecule has 0 bridgehead atoms. The van der Waals surface area contributed by atoms with Crippen LogP contribution in [0.3, 0.4) is 0 Å². The molecule has 6 nitrogen and oxygen atoms in total. The maximum Gasteiger partial charge on any atom is 0.253 e. The van der Waals surface area contributed by atoms with E-state index in [2.05, 4.69) is 5.32 Å². The van der Waals surface area contributed by atoms with Crippen LogP contribution >= 0.6 is 0 Å². The number of hydrogen-bond donors (Lipinski definition) is 2. The lowest BCUT2D eigenvalue weighted by Gasteiger charge is -2.32. The third-order valence-corrected chi connectivity index (χ3v) is 4.15. The first kappa shape index (κ1) is 18.4. The Balaban J connectivity index is 1.88. The molecule has 0 radical (unpaired) electrons. The summed E-state index contributed by atoms with van der Waals surface area (Å²) in [4.78, 5) is 26.0. The van der Waals surface area contributed by atoms with Gasteiger partial charge in [0.15, 0.2) is 0 Å². The van der Waals surface area contributed by atoms with Crippen molar-refractivity contribution in [2.45, 2.75) is 38.7 Å². The Labute approximate surface area is 143 Å². The minimum Gasteiger partial charge on any atom is -0.378 e. The highest BCUT2D eigenvalue weighted by molar-refractivity contribution is 5.97. The van der Waals surface area contributed by atoms with Gasteiger partial charge in [-0.2, -0.15) is 0 Å². The van der Waals surface area contributed by atoms with Crippen molar-refractivity contribution in [3.63, 3.8) is 0 Å². The fourth-order valence-electron chi connectivity index (χ4n) is 2.72. The number of amides is 2. The summed E-state index contributed by atoms with van der Waals surface area (Å²) in [5.74, 6) is -0.0574. The molecule has 0 atom stereocenters. The van der Waals surface area contributed by atoms with Crippen LogP contribution < -0.4 is 11.1 Å². The molecule has 0 saturated carbocycles. The predicted octanol–water partition coefficient (Wildman–Crippen LogP) is 2.01. The number of rotatable bonds is 7. The van der Waals surface area contributed by atoms with E-state index in [0.717, 1.165) is 19.3 Å². The molecule has 1 aromatic carbocycles. The number of likely N-dealkylation sites (tertiary alicyclic amines) is 1. The van der Waals surface area contributed by atoms with E-state index in [1.807, 2.05) is 4.90 Å². The third-order valence-electron chi connectivity index (χ3n) is 4.15. The number of benzene rings is 1. The Morgan fingerprint density at radius 1 is 1.33 bits per heavy atom. The Bertz CT molecular complexity index is 554. The zero-order valence-electron chi connectivity index (χ0n) is 14.3. The van der Waals surface area contributed by atoms with Crippen molar-refractivity contribution in [1.82, 2.24) is 4.90 Å². The first-order valence-corrected chi connectivity index (χ1v) is 8.65. The van der Waals surface area contributed by atoms with E-state index >= 15 is 0 Å².